The highest BCUT2D eigenvalue weighted by Gasteiger charge is 2.32. The van der Waals surface area contributed by atoms with Crippen LogP contribution in [0.2, 0.25) is 0 Å². The number of halogens is 2. The summed E-state index contributed by atoms with van der Waals surface area (Å²) >= 11 is 9.53. The maximum Gasteiger partial charge on any atom is 0.269 e. The lowest BCUT2D eigenvalue weighted by Crippen LogP contribution is -2.43. The van der Waals surface area contributed by atoms with Gasteiger partial charge in [0, 0.05) is 28.6 Å². The summed E-state index contributed by atoms with van der Waals surface area (Å²) in [7, 11) is 0. The number of thioether (sulfide) groups is 1. The fourth-order valence-corrected chi connectivity index (χ4v) is 4.07. The van der Waals surface area contributed by atoms with Gasteiger partial charge in [0.25, 0.3) is 11.8 Å². The Bertz CT molecular complexity index is 1040. The van der Waals surface area contributed by atoms with Gasteiger partial charge in [-0.25, -0.2) is 4.39 Å². The highest BCUT2D eigenvalue weighted by Crippen LogP contribution is 2.32. The van der Waals surface area contributed by atoms with E-state index in [1.807, 2.05) is 0 Å². The van der Waals surface area contributed by atoms with E-state index in [0.29, 0.717) is 5.56 Å². The molecule has 1 saturated heterocycles. The van der Waals surface area contributed by atoms with E-state index in [2.05, 4.69) is 26.8 Å². The number of carbonyl (C=O) groups excluding carboxylic acids is 3. The second-order valence-corrected chi connectivity index (χ2v) is 8.71. The summed E-state index contributed by atoms with van der Waals surface area (Å²) in [6, 6.07) is 12.7. The largest absolute Gasteiger partial charge is 0.292 e. The van der Waals surface area contributed by atoms with Crippen LogP contribution < -0.4 is 10.9 Å². The van der Waals surface area contributed by atoms with E-state index in [1.54, 1.807) is 42.5 Å². The average molecular weight is 508 g/mol. The molecule has 3 amide bonds. The van der Waals surface area contributed by atoms with Crippen molar-refractivity contribution in [1.29, 1.82) is 0 Å². The van der Waals surface area contributed by atoms with Crippen molar-refractivity contribution in [3.8, 4) is 0 Å². The van der Waals surface area contributed by atoms with Crippen LogP contribution in [0, 0.1) is 5.82 Å². The van der Waals surface area contributed by atoms with Gasteiger partial charge >= 0.3 is 0 Å². The first-order valence-corrected chi connectivity index (χ1v) is 10.7. The van der Waals surface area contributed by atoms with Gasteiger partial charge in [0.1, 0.15) is 10.1 Å². The second kappa shape index (κ2) is 9.96. The minimum Gasteiger partial charge on any atom is -0.292 e. The van der Waals surface area contributed by atoms with E-state index >= 15 is 0 Å². The number of carbonyl (C=O) groups is 3. The van der Waals surface area contributed by atoms with Gasteiger partial charge in [-0.3, -0.25) is 30.1 Å². The van der Waals surface area contributed by atoms with Crippen molar-refractivity contribution in [3.05, 3.63) is 74.9 Å². The van der Waals surface area contributed by atoms with E-state index < -0.39 is 17.6 Å². The lowest BCUT2D eigenvalue weighted by Gasteiger charge is -2.14. The zero-order chi connectivity index (χ0) is 21.7. The number of hydrogen-bond donors (Lipinski definition) is 2. The van der Waals surface area contributed by atoms with Crippen LogP contribution >= 0.6 is 39.9 Å². The normalized spacial score (nSPS) is 14.9. The average Bonchev–Trinajstić information content (AvgIpc) is 2.99. The third kappa shape index (κ3) is 5.53. The van der Waals surface area contributed by atoms with Crippen LogP contribution in [0.15, 0.2) is 57.9 Å². The van der Waals surface area contributed by atoms with Gasteiger partial charge in [-0.15, -0.1) is 0 Å². The number of benzene rings is 2. The summed E-state index contributed by atoms with van der Waals surface area (Å²) in [6.45, 7) is 0.0409. The Morgan fingerprint density at radius 3 is 2.53 bits per heavy atom. The van der Waals surface area contributed by atoms with Crippen molar-refractivity contribution >= 4 is 68.0 Å². The van der Waals surface area contributed by atoms with Gasteiger partial charge in [0.15, 0.2) is 0 Å². The van der Waals surface area contributed by atoms with Gasteiger partial charge in [0.05, 0.1) is 4.91 Å². The van der Waals surface area contributed by atoms with Crippen LogP contribution in [0.1, 0.15) is 22.3 Å². The molecule has 0 aliphatic carbocycles. The quantitative estimate of drug-likeness (QED) is 0.367. The summed E-state index contributed by atoms with van der Waals surface area (Å²) in [4.78, 5) is 38.1. The molecule has 2 aromatic carbocycles. The SMILES string of the molecule is O=C(CCN1C(=O)/C(=C\c2ccccc2F)SC1=S)NNC(=O)c1ccc(Br)cc1. The molecule has 1 aliphatic rings. The Kier molecular flexibility index (Phi) is 7.35. The number of hydrazine groups is 1. The Balaban J connectivity index is 1.52. The van der Waals surface area contributed by atoms with Crippen molar-refractivity contribution < 1.29 is 18.8 Å². The van der Waals surface area contributed by atoms with Gasteiger partial charge in [-0.2, -0.15) is 0 Å². The first kappa shape index (κ1) is 22.1. The topological polar surface area (TPSA) is 78.5 Å². The monoisotopic (exact) mass is 507 g/mol. The zero-order valence-electron chi connectivity index (χ0n) is 15.4. The number of thiocarbonyl (C=S) groups is 1. The summed E-state index contributed by atoms with van der Waals surface area (Å²) in [5.41, 5.74) is 5.29. The molecule has 0 saturated carbocycles. The molecule has 154 valence electrons. The van der Waals surface area contributed by atoms with Gasteiger partial charge in [-0.1, -0.05) is 58.1 Å². The standard InChI is InChI=1S/C20H15BrFN3O3S2/c21-14-7-5-12(6-8-14)18(27)24-23-17(26)9-10-25-19(28)16(30-20(25)29)11-13-3-1-2-4-15(13)22/h1-8,11H,9-10H2,(H,23,26)(H,24,27)/b16-11+. The molecular formula is C20H15BrFN3O3S2. The third-order valence-electron chi connectivity index (χ3n) is 4.05. The summed E-state index contributed by atoms with van der Waals surface area (Å²) in [6.07, 6.45) is 1.37. The van der Waals surface area contributed by atoms with Crippen LogP contribution in [0.4, 0.5) is 4.39 Å². The molecule has 1 heterocycles. The van der Waals surface area contributed by atoms with Crippen molar-refractivity contribution in [3.63, 3.8) is 0 Å². The molecular weight excluding hydrogens is 493 g/mol. The lowest BCUT2D eigenvalue weighted by atomic mass is 10.2. The van der Waals surface area contributed by atoms with Gasteiger partial charge < -0.3 is 0 Å². The first-order valence-electron chi connectivity index (χ1n) is 8.70. The predicted octanol–water partition coefficient (Wildman–Crippen LogP) is 3.64. The van der Waals surface area contributed by atoms with E-state index in [9.17, 15) is 18.8 Å². The molecule has 2 aromatic rings. The van der Waals surface area contributed by atoms with Crippen molar-refractivity contribution in [1.82, 2.24) is 15.8 Å². The molecule has 0 radical (unpaired) electrons. The number of hydrogen-bond acceptors (Lipinski definition) is 5. The van der Waals surface area contributed by atoms with Crippen molar-refractivity contribution in [2.75, 3.05) is 6.54 Å². The number of nitrogens with zero attached hydrogens (tertiary/aromatic N) is 1. The van der Waals surface area contributed by atoms with Gasteiger partial charge in [-0.05, 0) is 36.4 Å². The number of rotatable bonds is 5. The molecule has 0 atom stereocenters. The predicted molar refractivity (Wildman–Crippen MR) is 121 cm³/mol. The number of amides is 3. The maximum absolute atomic E-state index is 13.8. The van der Waals surface area contributed by atoms with E-state index in [-0.39, 0.29) is 33.7 Å². The Labute approximate surface area is 190 Å². The molecule has 0 aromatic heterocycles. The Morgan fingerprint density at radius 1 is 1.13 bits per heavy atom. The van der Waals surface area contributed by atoms with E-state index in [4.69, 9.17) is 12.2 Å². The molecule has 0 bridgehead atoms. The van der Waals surface area contributed by atoms with Crippen molar-refractivity contribution in [2.24, 2.45) is 0 Å². The first-order chi connectivity index (χ1) is 14.3. The Hall–Kier alpha value is -2.56. The molecule has 3 rings (SSSR count). The fraction of sp³-hybridized carbons (Fsp3) is 0.100. The molecule has 2 N–H and O–H groups in total. The maximum atomic E-state index is 13.8. The number of nitrogens with one attached hydrogen (secondary N) is 2. The minimum absolute atomic E-state index is 0.0409. The smallest absolute Gasteiger partial charge is 0.269 e. The Morgan fingerprint density at radius 2 is 1.83 bits per heavy atom. The molecule has 1 fully saturated rings. The zero-order valence-corrected chi connectivity index (χ0v) is 18.6. The van der Waals surface area contributed by atoms with E-state index in [0.717, 1.165) is 16.2 Å². The molecule has 1 aliphatic heterocycles. The van der Waals surface area contributed by atoms with E-state index in [1.165, 1.54) is 17.0 Å². The minimum atomic E-state index is -0.479. The second-order valence-electron chi connectivity index (χ2n) is 6.11. The third-order valence-corrected chi connectivity index (χ3v) is 5.96. The highest BCUT2D eigenvalue weighted by molar-refractivity contribution is 9.10. The summed E-state index contributed by atoms with van der Waals surface area (Å²) < 4.78 is 14.9. The van der Waals surface area contributed by atoms with Crippen LogP contribution in [0.5, 0.6) is 0 Å². The van der Waals surface area contributed by atoms with Crippen LogP contribution in [0.25, 0.3) is 6.08 Å². The van der Waals surface area contributed by atoms with Gasteiger partial charge in [0.2, 0.25) is 5.91 Å². The lowest BCUT2D eigenvalue weighted by molar-refractivity contribution is -0.124. The highest BCUT2D eigenvalue weighted by atomic mass is 79.9. The molecule has 6 nitrogen and oxygen atoms in total. The molecule has 10 heteroatoms. The summed E-state index contributed by atoms with van der Waals surface area (Å²) in [5, 5.41) is 0. The van der Waals surface area contributed by atoms with Crippen LogP contribution in [-0.4, -0.2) is 33.5 Å². The molecule has 30 heavy (non-hydrogen) atoms. The van der Waals surface area contributed by atoms with Crippen LogP contribution in [-0.2, 0) is 9.59 Å². The van der Waals surface area contributed by atoms with Crippen molar-refractivity contribution in [2.45, 2.75) is 6.42 Å². The molecule has 0 unspecified atom stereocenters. The fourth-order valence-electron chi connectivity index (χ4n) is 2.50. The molecule has 0 spiro atoms. The van der Waals surface area contributed by atoms with Crippen LogP contribution in [0.3, 0.4) is 0 Å². The summed E-state index contributed by atoms with van der Waals surface area (Å²) in [5.74, 6) is -1.77.